The second-order valence-corrected chi connectivity index (χ2v) is 8.12. The van der Waals surface area contributed by atoms with E-state index in [1.807, 2.05) is 29.2 Å². The van der Waals surface area contributed by atoms with Crippen molar-refractivity contribution in [1.82, 2.24) is 10.2 Å². The summed E-state index contributed by atoms with van der Waals surface area (Å²) in [7, 11) is 3.33. The molecule has 2 aliphatic rings. The highest BCUT2D eigenvalue weighted by atomic mass is 16.5. The second kappa shape index (κ2) is 8.36. The number of urea groups is 1. The van der Waals surface area contributed by atoms with Gasteiger partial charge < -0.3 is 19.7 Å². The lowest BCUT2D eigenvalue weighted by Crippen LogP contribution is -2.49. The molecule has 2 amide bonds. The number of carbonyl (C=O) groups is 1. The SMILES string of the molecule is COc1ccc(OC)c(C2CCCN2C(=O)NCC2(c3ccccc3)CCC2)c1. The van der Waals surface area contributed by atoms with Crippen LogP contribution in [0, 0.1) is 0 Å². The molecule has 1 atom stereocenters. The Labute approximate surface area is 173 Å². The molecular weight excluding hydrogens is 364 g/mol. The number of amides is 2. The average Bonchev–Trinajstić information content (AvgIpc) is 3.23. The van der Waals surface area contributed by atoms with Gasteiger partial charge in [-0.15, -0.1) is 0 Å². The first-order valence-electron chi connectivity index (χ1n) is 10.5. The summed E-state index contributed by atoms with van der Waals surface area (Å²) < 4.78 is 11.0. The monoisotopic (exact) mass is 394 g/mol. The van der Waals surface area contributed by atoms with Gasteiger partial charge in [-0.1, -0.05) is 36.8 Å². The molecule has 2 aromatic rings. The predicted molar refractivity (Wildman–Crippen MR) is 114 cm³/mol. The van der Waals surface area contributed by atoms with Gasteiger partial charge in [0.15, 0.2) is 0 Å². The lowest BCUT2D eigenvalue weighted by Gasteiger charge is -2.43. The third-order valence-electron chi connectivity index (χ3n) is 6.58. The molecule has 2 fully saturated rings. The van der Waals surface area contributed by atoms with Crippen molar-refractivity contribution in [3.8, 4) is 11.5 Å². The summed E-state index contributed by atoms with van der Waals surface area (Å²) in [5.41, 5.74) is 2.43. The third-order valence-corrected chi connectivity index (χ3v) is 6.58. The van der Waals surface area contributed by atoms with E-state index < -0.39 is 0 Å². The molecule has 1 unspecified atom stereocenters. The highest BCUT2D eigenvalue weighted by Gasteiger charge is 2.40. The van der Waals surface area contributed by atoms with Crippen LogP contribution in [-0.4, -0.2) is 38.2 Å². The quantitative estimate of drug-likeness (QED) is 0.774. The maximum Gasteiger partial charge on any atom is 0.317 e. The summed E-state index contributed by atoms with van der Waals surface area (Å²) in [6.45, 7) is 1.45. The number of carbonyl (C=O) groups excluding carboxylic acids is 1. The summed E-state index contributed by atoms with van der Waals surface area (Å²) in [6.07, 6.45) is 5.40. The molecule has 4 rings (SSSR count). The van der Waals surface area contributed by atoms with E-state index >= 15 is 0 Å². The van der Waals surface area contributed by atoms with Crippen LogP contribution in [0.25, 0.3) is 0 Å². The van der Waals surface area contributed by atoms with Crippen molar-refractivity contribution in [3.05, 3.63) is 59.7 Å². The molecule has 29 heavy (non-hydrogen) atoms. The summed E-state index contributed by atoms with van der Waals surface area (Å²) in [5.74, 6) is 1.58. The maximum absolute atomic E-state index is 13.1. The van der Waals surface area contributed by atoms with Gasteiger partial charge in [-0.3, -0.25) is 0 Å². The van der Waals surface area contributed by atoms with Crippen LogP contribution in [0.3, 0.4) is 0 Å². The first-order chi connectivity index (χ1) is 14.2. The molecule has 0 radical (unpaired) electrons. The fourth-order valence-electron chi connectivity index (χ4n) is 4.74. The Hall–Kier alpha value is -2.69. The number of benzene rings is 2. The Kier molecular flexibility index (Phi) is 5.65. The number of hydrogen-bond donors (Lipinski definition) is 1. The standard InChI is InChI=1S/C24H30N2O3/c1-28-19-11-12-22(29-2)20(16-19)21-10-6-15-26(21)23(27)25-17-24(13-7-14-24)18-8-4-3-5-9-18/h3-5,8-9,11-12,16,21H,6-7,10,13-15,17H2,1-2H3,(H,25,27). The number of likely N-dealkylation sites (tertiary alicyclic amines) is 1. The first kappa shape index (κ1) is 19.6. The van der Waals surface area contributed by atoms with Crippen LogP contribution >= 0.6 is 0 Å². The minimum atomic E-state index is 0.00844. The molecule has 1 heterocycles. The molecule has 5 heteroatoms. The zero-order valence-electron chi connectivity index (χ0n) is 17.3. The molecule has 1 saturated heterocycles. The van der Waals surface area contributed by atoms with E-state index in [2.05, 4.69) is 29.6 Å². The number of nitrogens with one attached hydrogen (secondary N) is 1. The summed E-state index contributed by atoms with van der Waals surface area (Å²) in [4.78, 5) is 15.1. The van der Waals surface area contributed by atoms with Gasteiger partial charge in [-0.2, -0.15) is 0 Å². The summed E-state index contributed by atoms with van der Waals surface area (Å²) in [5, 5.41) is 3.25. The minimum absolute atomic E-state index is 0.00844. The van der Waals surface area contributed by atoms with Gasteiger partial charge >= 0.3 is 6.03 Å². The van der Waals surface area contributed by atoms with E-state index in [1.54, 1.807) is 14.2 Å². The lowest BCUT2D eigenvalue weighted by atomic mass is 9.64. The van der Waals surface area contributed by atoms with Gasteiger partial charge in [0.2, 0.25) is 0 Å². The Morgan fingerprint density at radius 2 is 1.90 bits per heavy atom. The zero-order valence-corrected chi connectivity index (χ0v) is 17.3. The molecule has 1 N–H and O–H groups in total. The van der Waals surface area contributed by atoms with Gasteiger partial charge in [0.25, 0.3) is 0 Å². The van der Waals surface area contributed by atoms with Crippen LogP contribution in [0.15, 0.2) is 48.5 Å². The van der Waals surface area contributed by atoms with Gasteiger partial charge in [-0.25, -0.2) is 4.79 Å². The maximum atomic E-state index is 13.1. The fourth-order valence-corrected chi connectivity index (χ4v) is 4.74. The van der Waals surface area contributed by atoms with Crippen LogP contribution < -0.4 is 14.8 Å². The number of nitrogens with zero attached hydrogens (tertiary/aromatic N) is 1. The van der Waals surface area contributed by atoms with E-state index in [4.69, 9.17) is 9.47 Å². The van der Waals surface area contributed by atoms with Crippen molar-refractivity contribution in [1.29, 1.82) is 0 Å². The predicted octanol–water partition coefficient (Wildman–Crippen LogP) is 4.67. The number of methoxy groups -OCH3 is 2. The smallest absolute Gasteiger partial charge is 0.317 e. The van der Waals surface area contributed by atoms with Crippen molar-refractivity contribution in [2.75, 3.05) is 27.3 Å². The topological polar surface area (TPSA) is 50.8 Å². The van der Waals surface area contributed by atoms with Crippen LogP contribution in [0.1, 0.15) is 49.3 Å². The van der Waals surface area contributed by atoms with Crippen molar-refractivity contribution < 1.29 is 14.3 Å². The number of hydrogen-bond acceptors (Lipinski definition) is 3. The van der Waals surface area contributed by atoms with Gasteiger partial charge in [0.1, 0.15) is 11.5 Å². The molecular formula is C24H30N2O3. The molecule has 154 valence electrons. The highest BCUT2D eigenvalue weighted by Crippen LogP contribution is 2.43. The molecule has 1 aliphatic carbocycles. The van der Waals surface area contributed by atoms with E-state index in [1.165, 1.54) is 12.0 Å². The molecule has 1 aliphatic heterocycles. The van der Waals surface area contributed by atoms with E-state index in [-0.39, 0.29) is 17.5 Å². The van der Waals surface area contributed by atoms with Crippen molar-refractivity contribution >= 4 is 6.03 Å². The largest absolute Gasteiger partial charge is 0.497 e. The molecule has 0 aromatic heterocycles. The molecule has 2 aromatic carbocycles. The van der Waals surface area contributed by atoms with Crippen LogP contribution in [0.4, 0.5) is 4.79 Å². The van der Waals surface area contributed by atoms with Gasteiger partial charge in [0.05, 0.1) is 20.3 Å². The Morgan fingerprint density at radius 1 is 1.10 bits per heavy atom. The van der Waals surface area contributed by atoms with Crippen molar-refractivity contribution in [3.63, 3.8) is 0 Å². The summed E-state index contributed by atoms with van der Waals surface area (Å²) in [6, 6.07) is 16.4. The third kappa shape index (κ3) is 3.78. The van der Waals surface area contributed by atoms with Crippen molar-refractivity contribution in [2.24, 2.45) is 0 Å². The lowest BCUT2D eigenvalue weighted by molar-refractivity contribution is 0.178. The van der Waals surface area contributed by atoms with Crippen molar-refractivity contribution in [2.45, 2.75) is 43.6 Å². The first-order valence-corrected chi connectivity index (χ1v) is 10.5. The van der Waals surface area contributed by atoms with Crippen LogP contribution in [0.5, 0.6) is 11.5 Å². The minimum Gasteiger partial charge on any atom is -0.497 e. The fraction of sp³-hybridized carbons (Fsp3) is 0.458. The highest BCUT2D eigenvalue weighted by molar-refractivity contribution is 5.75. The Bertz CT molecular complexity index is 848. The van der Waals surface area contributed by atoms with Crippen LogP contribution in [-0.2, 0) is 5.41 Å². The molecule has 0 spiro atoms. The number of rotatable bonds is 6. The van der Waals surface area contributed by atoms with E-state index in [0.717, 1.165) is 49.3 Å². The van der Waals surface area contributed by atoms with E-state index in [0.29, 0.717) is 6.54 Å². The summed E-state index contributed by atoms with van der Waals surface area (Å²) >= 11 is 0. The molecule has 0 bridgehead atoms. The number of ether oxygens (including phenoxy) is 2. The van der Waals surface area contributed by atoms with Crippen LogP contribution in [0.2, 0.25) is 0 Å². The normalized spacial score (nSPS) is 20.1. The van der Waals surface area contributed by atoms with E-state index in [9.17, 15) is 4.79 Å². The average molecular weight is 395 g/mol. The van der Waals surface area contributed by atoms with Gasteiger partial charge in [-0.05, 0) is 49.4 Å². The molecule has 5 nitrogen and oxygen atoms in total. The Balaban J connectivity index is 1.49. The zero-order chi connectivity index (χ0) is 20.3. The second-order valence-electron chi connectivity index (χ2n) is 8.12. The Morgan fingerprint density at radius 3 is 2.55 bits per heavy atom. The molecule has 1 saturated carbocycles. The van der Waals surface area contributed by atoms with Gasteiger partial charge in [0, 0.05) is 24.1 Å².